The number of rotatable bonds is 3. The maximum absolute atomic E-state index is 11.6. The Kier molecular flexibility index (Phi) is 3.16. The molecule has 0 bridgehead atoms. The average Bonchev–Trinajstić information content (AvgIpc) is 2.38. The predicted octanol–water partition coefficient (Wildman–Crippen LogP) is 1.26. The maximum Gasteiger partial charge on any atom is 0.293 e. The van der Waals surface area contributed by atoms with Crippen LogP contribution in [0, 0.1) is 22.5 Å². The van der Waals surface area contributed by atoms with Gasteiger partial charge >= 0.3 is 0 Å². The van der Waals surface area contributed by atoms with Crippen LogP contribution in [0.25, 0.3) is 10.9 Å². The van der Waals surface area contributed by atoms with Gasteiger partial charge in [-0.05, 0) is 13.0 Å². The van der Waals surface area contributed by atoms with Crippen molar-refractivity contribution >= 4 is 22.3 Å². The van der Waals surface area contributed by atoms with Gasteiger partial charge in [0.15, 0.2) is 0 Å². The van der Waals surface area contributed by atoms with Gasteiger partial charge in [-0.3, -0.25) is 14.9 Å². The zero-order chi connectivity index (χ0) is 14.0. The first kappa shape index (κ1) is 12.6. The first-order valence-electron chi connectivity index (χ1n) is 5.41. The summed E-state index contributed by atoms with van der Waals surface area (Å²) in [6.07, 6.45) is 6.47. The molecule has 2 N–H and O–H groups in total. The first-order chi connectivity index (χ1) is 9.02. The number of nitrogens with zero attached hydrogens (tertiary/aromatic N) is 2. The molecule has 1 aromatic heterocycles. The second-order valence-electron chi connectivity index (χ2n) is 3.91. The number of aromatic nitrogens is 2. The van der Waals surface area contributed by atoms with E-state index in [1.54, 1.807) is 6.92 Å². The molecule has 2 aromatic rings. The van der Waals surface area contributed by atoms with E-state index in [0.717, 1.165) is 0 Å². The number of nitrogens with one attached hydrogen (secondary N) is 2. The largest absolute Gasteiger partial charge is 0.366 e. The van der Waals surface area contributed by atoms with Crippen molar-refractivity contribution in [1.82, 2.24) is 9.97 Å². The molecule has 7 heteroatoms. The molecule has 0 amide bonds. The van der Waals surface area contributed by atoms with Crippen LogP contribution in [0.15, 0.2) is 23.3 Å². The van der Waals surface area contributed by atoms with Crippen molar-refractivity contribution in [2.24, 2.45) is 0 Å². The fourth-order valence-corrected chi connectivity index (χ4v) is 1.65. The molecule has 0 saturated carbocycles. The summed E-state index contributed by atoms with van der Waals surface area (Å²) in [5, 5.41) is 14.0. The Hall–Kier alpha value is -2.88. The molecule has 0 spiro atoms. The molecule has 1 atom stereocenters. The van der Waals surface area contributed by atoms with Crippen molar-refractivity contribution in [3.63, 3.8) is 0 Å². The van der Waals surface area contributed by atoms with E-state index in [2.05, 4.69) is 21.2 Å². The Bertz CT molecular complexity index is 745. The second-order valence-corrected chi connectivity index (χ2v) is 3.91. The second kappa shape index (κ2) is 4.78. The van der Waals surface area contributed by atoms with E-state index in [-0.39, 0.29) is 22.8 Å². The van der Waals surface area contributed by atoms with Gasteiger partial charge in [0.25, 0.3) is 11.2 Å². The molecule has 96 valence electrons. The zero-order valence-electron chi connectivity index (χ0n) is 10.0. The van der Waals surface area contributed by atoms with Gasteiger partial charge in [-0.25, -0.2) is 4.98 Å². The molecule has 7 nitrogen and oxygen atoms in total. The van der Waals surface area contributed by atoms with Gasteiger partial charge in [0, 0.05) is 6.07 Å². The van der Waals surface area contributed by atoms with Crippen LogP contribution < -0.4 is 10.9 Å². The number of terminal acetylenes is 1. The lowest BCUT2D eigenvalue weighted by atomic mass is 10.1. The summed E-state index contributed by atoms with van der Waals surface area (Å²) in [7, 11) is 0. The van der Waals surface area contributed by atoms with Crippen molar-refractivity contribution < 1.29 is 4.92 Å². The quantitative estimate of drug-likeness (QED) is 0.490. The number of H-pyrrole nitrogens is 1. The topological polar surface area (TPSA) is 101 Å². The van der Waals surface area contributed by atoms with Crippen molar-refractivity contribution in [2.75, 3.05) is 5.32 Å². The van der Waals surface area contributed by atoms with Crippen LogP contribution in [-0.4, -0.2) is 20.9 Å². The standard InChI is InChI=1S/C12H10N4O3/c1-3-7(2)15-10-5-9-8(4-11(10)16(18)19)12(17)14-6-13-9/h1,4-7,15H,2H3,(H,13,14,17). The summed E-state index contributed by atoms with van der Waals surface area (Å²) in [5.74, 6) is 2.42. The van der Waals surface area contributed by atoms with Crippen LogP contribution in [0.3, 0.4) is 0 Å². The summed E-state index contributed by atoms with van der Waals surface area (Å²) in [6.45, 7) is 1.69. The molecular formula is C12H10N4O3. The van der Waals surface area contributed by atoms with Gasteiger partial charge in [0.05, 0.1) is 28.2 Å². The first-order valence-corrected chi connectivity index (χ1v) is 5.41. The van der Waals surface area contributed by atoms with Crippen molar-refractivity contribution in [3.05, 3.63) is 38.9 Å². The van der Waals surface area contributed by atoms with Gasteiger partial charge < -0.3 is 10.3 Å². The average molecular weight is 258 g/mol. The molecule has 0 radical (unpaired) electrons. The number of nitro groups is 1. The van der Waals surface area contributed by atoms with E-state index in [1.807, 2.05) is 0 Å². The Labute approximate surface area is 107 Å². The van der Waals surface area contributed by atoms with E-state index in [0.29, 0.717) is 5.52 Å². The highest BCUT2D eigenvalue weighted by Gasteiger charge is 2.17. The molecule has 0 fully saturated rings. The Balaban J connectivity index is 2.69. The van der Waals surface area contributed by atoms with E-state index in [9.17, 15) is 14.9 Å². The molecule has 1 aromatic carbocycles. The van der Waals surface area contributed by atoms with Crippen molar-refractivity contribution in [1.29, 1.82) is 0 Å². The van der Waals surface area contributed by atoms with Gasteiger partial charge in [-0.1, -0.05) is 5.92 Å². The normalized spacial score (nSPS) is 11.8. The Morgan fingerprint density at radius 2 is 2.32 bits per heavy atom. The molecule has 0 aliphatic carbocycles. The fourth-order valence-electron chi connectivity index (χ4n) is 1.65. The number of fused-ring (bicyclic) bond motifs is 1. The lowest BCUT2D eigenvalue weighted by Crippen LogP contribution is -2.14. The van der Waals surface area contributed by atoms with E-state index in [4.69, 9.17) is 6.42 Å². The maximum atomic E-state index is 11.6. The van der Waals surface area contributed by atoms with E-state index >= 15 is 0 Å². The van der Waals surface area contributed by atoms with Crippen molar-refractivity contribution in [3.8, 4) is 12.3 Å². The predicted molar refractivity (Wildman–Crippen MR) is 70.9 cm³/mol. The number of nitro benzene ring substituents is 1. The molecule has 0 aliphatic heterocycles. The third kappa shape index (κ3) is 2.37. The minimum Gasteiger partial charge on any atom is -0.366 e. The van der Waals surface area contributed by atoms with Gasteiger partial charge in [-0.2, -0.15) is 0 Å². The van der Waals surface area contributed by atoms with Crippen LogP contribution in [0.1, 0.15) is 6.92 Å². The molecule has 0 aliphatic rings. The van der Waals surface area contributed by atoms with E-state index < -0.39 is 10.5 Å². The molecule has 19 heavy (non-hydrogen) atoms. The minimum atomic E-state index is -0.572. The minimum absolute atomic E-state index is 0.160. The highest BCUT2D eigenvalue weighted by molar-refractivity contribution is 5.86. The summed E-state index contributed by atoms with van der Waals surface area (Å²) >= 11 is 0. The smallest absolute Gasteiger partial charge is 0.293 e. The fraction of sp³-hybridized carbons (Fsp3) is 0.167. The zero-order valence-corrected chi connectivity index (χ0v) is 10.0. The summed E-state index contributed by atoms with van der Waals surface area (Å²) in [6, 6.07) is 2.25. The monoisotopic (exact) mass is 258 g/mol. The highest BCUT2D eigenvalue weighted by atomic mass is 16.6. The summed E-state index contributed by atoms with van der Waals surface area (Å²) in [4.78, 5) is 28.4. The molecule has 2 rings (SSSR count). The third-order valence-corrected chi connectivity index (χ3v) is 2.58. The highest BCUT2D eigenvalue weighted by Crippen LogP contribution is 2.28. The molecule has 0 saturated heterocycles. The summed E-state index contributed by atoms with van der Waals surface area (Å²) < 4.78 is 0. The third-order valence-electron chi connectivity index (χ3n) is 2.58. The Morgan fingerprint density at radius 3 is 2.95 bits per heavy atom. The lowest BCUT2D eigenvalue weighted by Gasteiger charge is -2.10. The summed E-state index contributed by atoms with van der Waals surface area (Å²) in [5.41, 5.74) is -0.0418. The number of aromatic amines is 1. The van der Waals surface area contributed by atoms with Crippen molar-refractivity contribution in [2.45, 2.75) is 13.0 Å². The van der Waals surface area contributed by atoms with Crippen LogP contribution in [-0.2, 0) is 0 Å². The number of anilines is 1. The number of benzene rings is 1. The van der Waals surface area contributed by atoms with Gasteiger partial charge in [0.2, 0.25) is 0 Å². The Morgan fingerprint density at radius 1 is 1.58 bits per heavy atom. The van der Waals surface area contributed by atoms with Crippen LogP contribution >= 0.6 is 0 Å². The van der Waals surface area contributed by atoms with Gasteiger partial charge in [0.1, 0.15) is 5.69 Å². The van der Waals surface area contributed by atoms with E-state index in [1.165, 1.54) is 18.5 Å². The number of hydrogen-bond acceptors (Lipinski definition) is 5. The van der Waals surface area contributed by atoms with Crippen LogP contribution in [0.5, 0.6) is 0 Å². The van der Waals surface area contributed by atoms with Crippen LogP contribution in [0.2, 0.25) is 0 Å². The SMILES string of the molecule is C#CC(C)Nc1cc2nc[nH]c(=O)c2cc1[N+](=O)[O-]. The molecule has 1 unspecified atom stereocenters. The molecular weight excluding hydrogens is 248 g/mol. The number of hydrogen-bond donors (Lipinski definition) is 2. The van der Waals surface area contributed by atoms with Gasteiger partial charge in [-0.15, -0.1) is 6.42 Å². The molecule has 1 heterocycles. The van der Waals surface area contributed by atoms with Crippen LogP contribution in [0.4, 0.5) is 11.4 Å². The lowest BCUT2D eigenvalue weighted by molar-refractivity contribution is -0.383.